The van der Waals surface area contributed by atoms with Gasteiger partial charge in [-0.25, -0.2) is 14.4 Å². The van der Waals surface area contributed by atoms with Crippen LogP contribution in [0, 0.1) is 5.82 Å². The predicted molar refractivity (Wildman–Crippen MR) is 118 cm³/mol. The number of halogens is 3. The van der Waals surface area contributed by atoms with Crippen molar-refractivity contribution >= 4 is 57.2 Å². The minimum absolute atomic E-state index is 0. The van der Waals surface area contributed by atoms with Gasteiger partial charge in [0.25, 0.3) is 0 Å². The third-order valence-corrected chi connectivity index (χ3v) is 5.17. The summed E-state index contributed by atoms with van der Waals surface area (Å²) in [5.74, 6) is 0.462. The molecule has 0 aliphatic carbocycles. The van der Waals surface area contributed by atoms with Crippen LogP contribution in [0.25, 0.3) is 0 Å². The molecule has 0 saturated carbocycles. The van der Waals surface area contributed by atoms with E-state index in [1.165, 1.54) is 10.9 Å². The molecular formula is C17H23BrFIN4S. The lowest BCUT2D eigenvalue weighted by Crippen LogP contribution is -2.38. The summed E-state index contributed by atoms with van der Waals surface area (Å²) in [5.41, 5.74) is 0.834. The molecule has 0 bridgehead atoms. The van der Waals surface area contributed by atoms with Gasteiger partial charge in [0.2, 0.25) is 0 Å². The lowest BCUT2D eigenvalue weighted by molar-refractivity contribution is 0.618. The molecule has 2 N–H and O–H groups in total. The molecule has 0 aliphatic heterocycles. The number of hydrogen-bond acceptors (Lipinski definition) is 3. The Labute approximate surface area is 177 Å². The molecule has 0 atom stereocenters. The van der Waals surface area contributed by atoms with E-state index in [2.05, 4.69) is 43.5 Å². The van der Waals surface area contributed by atoms with Gasteiger partial charge < -0.3 is 10.6 Å². The minimum Gasteiger partial charge on any atom is -0.357 e. The van der Waals surface area contributed by atoms with Gasteiger partial charge in [-0.15, -0.1) is 35.3 Å². The standard InChI is InChI=1S/C17H22BrFN4S.HI/c1-3-13-11-22-16(24-13)7-8-21-17(20-4-2)23-10-12-5-6-14(18)15(19)9-12;/h5-6,9,11H,3-4,7-8,10H2,1-2H3,(H2,20,21,23);1H. The first-order chi connectivity index (χ1) is 11.6. The van der Waals surface area contributed by atoms with E-state index in [-0.39, 0.29) is 29.8 Å². The van der Waals surface area contributed by atoms with Crippen LogP contribution in [0.15, 0.2) is 33.9 Å². The van der Waals surface area contributed by atoms with Gasteiger partial charge in [-0.1, -0.05) is 13.0 Å². The van der Waals surface area contributed by atoms with Crippen molar-refractivity contribution in [3.05, 3.63) is 50.1 Å². The molecule has 4 nitrogen and oxygen atoms in total. The van der Waals surface area contributed by atoms with Crippen molar-refractivity contribution in [2.24, 2.45) is 4.99 Å². The largest absolute Gasteiger partial charge is 0.357 e. The molecule has 25 heavy (non-hydrogen) atoms. The molecule has 0 spiro atoms. The fourth-order valence-corrected chi connectivity index (χ4v) is 3.17. The molecule has 2 rings (SSSR count). The summed E-state index contributed by atoms with van der Waals surface area (Å²) in [4.78, 5) is 10.2. The van der Waals surface area contributed by atoms with Crippen molar-refractivity contribution in [3.8, 4) is 0 Å². The minimum atomic E-state index is -0.267. The first-order valence-electron chi connectivity index (χ1n) is 8.02. The topological polar surface area (TPSA) is 49.3 Å². The highest BCUT2D eigenvalue weighted by Crippen LogP contribution is 2.17. The Hall–Kier alpha value is -0.740. The van der Waals surface area contributed by atoms with Crippen molar-refractivity contribution in [2.45, 2.75) is 33.2 Å². The molecule has 1 heterocycles. The van der Waals surface area contributed by atoms with Gasteiger partial charge in [0.15, 0.2) is 5.96 Å². The highest BCUT2D eigenvalue weighted by Gasteiger charge is 2.03. The Morgan fingerprint density at radius 3 is 2.76 bits per heavy atom. The summed E-state index contributed by atoms with van der Waals surface area (Å²) >= 11 is 4.91. The summed E-state index contributed by atoms with van der Waals surface area (Å²) in [6.45, 7) is 6.12. The van der Waals surface area contributed by atoms with Crippen molar-refractivity contribution < 1.29 is 4.39 Å². The van der Waals surface area contributed by atoms with Crippen LogP contribution in [0.2, 0.25) is 0 Å². The molecule has 0 amide bonds. The van der Waals surface area contributed by atoms with Crippen LogP contribution >= 0.6 is 51.2 Å². The van der Waals surface area contributed by atoms with Gasteiger partial charge in [-0.2, -0.15) is 0 Å². The van der Waals surface area contributed by atoms with Gasteiger partial charge in [0, 0.05) is 30.6 Å². The van der Waals surface area contributed by atoms with E-state index in [4.69, 9.17) is 0 Å². The van der Waals surface area contributed by atoms with E-state index < -0.39 is 0 Å². The fraction of sp³-hybridized carbons (Fsp3) is 0.412. The number of aryl methyl sites for hydroxylation is 1. The van der Waals surface area contributed by atoms with E-state index in [1.54, 1.807) is 17.4 Å². The van der Waals surface area contributed by atoms with Crippen LogP contribution in [-0.4, -0.2) is 24.0 Å². The molecule has 0 saturated heterocycles. The smallest absolute Gasteiger partial charge is 0.191 e. The van der Waals surface area contributed by atoms with Crippen LogP contribution in [0.5, 0.6) is 0 Å². The Morgan fingerprint density at radius 1 is 1.32 bits per heavy atom. The lowest BCUT2D eigenvalue weighted by atomic mass is 10.2. The number of aromatic nitrogens is 1. The van der Waals surface area contributed by atoms with Gasteiger partial charge in [-0.3, -0.25) is 0 Å². The van der Waals surface area contributed by atoms with Crippen LogP contribution in [-0.2, 0) is 19.4 Å². The van der Waals surface area contributed by atoms with Gasteiger partial charge in [0.1, 0.15) is 5.82 Å². The zero-order chi connectivity index (χ0) is 17.4. The van der Waals surface area contributed by atoms with E-state index in [0.717, 1.165) is 42.5 Å². The third kappa shape index (κ3) is 7.57. The highest BCUT2D eigenvalue weighted by molar-refractivity contribution is 14.0. The first kappa shape index (κ1) is 22.3. The summed E-state index contributed by atoms with van der Waals surface area (Å²) in [6.07, 6.45) is 3.84. The first-order valence-corrected chi connectivity index (χ1v) is 9.63. The van der Waals surface area contributed by atoms with Gasteiger partial charge in [0.05, 0.1) is 16.0 Å². The number of rotatable bonds is 7. The summed E-state index contributed by atoms with van der Waals surface area (Å²) in [6, 6.07) is 5.06. The van der Waals surface area contributed by atoms with E-state index in [9.17, 15) is 4.39 Å². The van der Waals surface area contributed by atoms with Crippen LogP contribution in [0.1, 0.15) is 29.3 Å². The summed E-state index contributed by atoms with van der Waals surface area (Å²) < 4.78 is 14.0. The van der Waals surface area contributed by atoms with Crippen molar-refractivity contribution in [2.75, 3.05) is 13.1 Å². The second-order valence-corrected chi connectivity index (χ2v) is 7.25. The average Bonchev–Trinajstić information content (AvgIpc) is 3.03. The molecule has 138 valence electrons. The number of guanidine groups is 1. The zero-order valence-electron chi connectivity index (χ0n) is 14.3. The summed E-state index contributed by atoms with van der Waals surface area (Å²) in [5, 5.41) is 7.63. The Morgan fingerprint density at radius 2 is 2.12 bits per heavy atom. The SMILES string of the molecule is CCNC(=NCc1ccc(Br)c(F)c1)NCCc1ncc(CC)s1.I. The fourth-order valence-electron chi connectivity index (χ4n) is 2.06. The number of thiazole rings is 1. The molecule has 8 heteroatoms. The van der Waals surface area contributed by atoms with Crippen LogP contribution < -0.4 is 10.6 Å². The highest BCUT2D eigenvalue weighted by atomic mass is 127. The number of aliphatic imine (C=N–C) groups is 1. The zero-order valence-corrected chi connectivity index (χ0v) is 19.0. The van der Waals surface area contributed by atoms with Crippen molar-refractivity contribution in [1.29, 1.82) is 0 Å². The Kier molecular flexibility index (Phi) is 10.5. The number of benzene rings is 1. The van der Waals surface area contributed by atoms with E-state index >= 15 is 0 Å². The molecule has 0 fully saturated rings. The quantitative estimate of drug-likeness (QED) is 0.308. The Bertz CT molecular complexity index is 693. The normalized spacial score (nSPS) is 11.1. The van der Waals surface area contributed by atoms with Gasteiger partial charge in [-0.05, 0) is 47.0 Å². The molecule has 2 aromatic rings. The molecular weight excluding hydrogens is 518 g/mol. The van der Waals surface area contributed by atoms with Crippen molar-refractivity contribution in [1.82, 2.24) is 15.6 Å². The number of nitrogens with one attached hydrogen (secondary N) is 2. The second-order valence-electron chi connectivity index (χ2n) is 5.19. The van der Waals surface area contributed by atoms with E-state index in [1.807, 2.05) is 19.2 Å². The average molecular weight is 541 g/mol. The molecule has 1 aromatic heterocycles. The van der Waals surface area contributed by atoms with Crippen LogP contribution in [0.4, 0.5) is 4.39 Å². The monoisotopic (exact) mass is 540 g/mol. The maximum absolute atomic E-state index is 13.5. The molecule has 0 radical (unpaired) electrons. The summed E-state index contributed by atoms with van der Waals surface area (Å²) in [7, 11) is 0. The predicted octanol–water partition coefficient (Wildman–Crippen LogP) is 4.52. The van der Waals surface area contributed by atoms with E-state index in [0.29, 0.717) is 11.0 Å². The molecule has 0 unspecified atom stereocenters. The third-order valence-electron chi connectivity index (χ3n) is 3.33. The Balaban J connectivity index is 0.00000312. The number of hydrogen-bond donors (Lipinski definition) is 2. The van der Waals surface area contributed by atoms with Gasteiger partial charge >= 0.3 is 0 Å². The molecule has 0 aliphatic rings. The lowest BCUT2D eigenvalue weighted by Gasteiger charge is -2.10. The maximum Gasteiger partial charge on any atom is 0.191 e. The second kappa shape index (κ2) is 11.8. The number of nitrogens with zero attached hydrogens (tertiary/aromatic N) is 2. The maximum atomic E-state index is 13.5. The van der Waals surface area contributed by atoms with Crippen LogP contribution in [0.3, 0.4) is 0 Å². The molecule has 1 aromatic carbocycles. The van der Waals surface area contributed by atoms with Crippen molar-refractivity contribution in [3.63, 3.8) is 0 Å².